The number of nitrogens with one attached hydrogen (secondary N) is 2. The molecule has 1 aromatic carbocycles. The van der Waals surface area contributed by atoms with Crippen molar-refractivity contribution in [3.8, 4) is 0 Å². The molecule has 1 saturated heterocycles. The van der Waals surface area contributed by atoms with Crippen LogP contribution in [0.5, 0.6) is 0 Å². The van der Waals surface area contributed by atoms with E-state index in [1.165, 1.54) is 22.3 Å². The summed E-state index contributed by atoms with van der Waals surface area (Å²) in [6.07, 6.45) is 6.66. The van der Waals surface area contributed by atoms with E-state index in [1.807, 2.05) is 0 Å². The third-order valence-corrected chi connectivity index (χ3v) is 7.27. The Kier molecular flexibility index (Phi) is 5.89. The number of anilines is 1. The topological polar surface area (TPSA) is 87.7 Å². The van der Waals surface area contributed by atoms with Gasteiger partial charge in [0, 0.05) is 18.8 Å². The molecule has 7 nitrogen and oxygen atoms in total. The molecule has 3 aliphatic rings. The lowest BCUT2D eigenvalue weighted by Gasteiger charge is -2.26. The highest BCUT2D eigenvalue weighted by atomic mass is 32.2. The number of sulfonamides is 1. The molecule has 1 aliphatic heterocycles. The molecule has 28 heavy (non-hydrogen) atoms. The van der Waals surface area contributed by atoms with Crippen LogP contribution in [0.1, 0.15) is 41.5 Å². The maximum absolute atomic E-state index is 12.5. The molecule has 0 radical (unpaired) electrons. The minimum atomic E-state index is -3.65. The van der Waals surface area contributed by atoms with E-state index < -0.39 is 16.1 Å². The third-order valence-electron chi connectivity index (χ3n) is 5.95. The molecule has 8 heteroatoms. The van der Waals surface area contributed by atoms with Crippen LogP contribution >= 0.6 is 0 Å². The number of morpholine rings is 1. The molecule has 0 bridgehead atoms. The van der Waals surface area contributed by atoms with Crippen molar-refractivity contribution in [2.45, 2.75) is 44.9 Å². The van der Waals surface area contributed by atoms with Gasteiger partial charge in [0.05, 0.1) is 19.0 Å². The van der Waals surface area contributed by atoms with Crippen LogP contribution in [0.25, 0.3) is 0 Å². The Balaban J connectivity index is 1.35. The fourth-order valence-electron chi connectivity index (χ4n) is 4.60. The Hall–Kier alpha value is -1.64. The first kappa shape index (κ1) is 19.7. The largest absolute Gasteiger partial charge is 0.379 e. The first-order valence-corrected chi connectivity index (χ1v) is 12.0. The second-order valence-electron chi connectivity index (χ2n) is 7.92. The highest BCUT2D eigenvalue weighted by molar-refractivity contribution is 7.90. The predicted octanol–water partition coefficient (Wildman–Crippen LogP) is 1.84. The lowest BCUT2D eigenvalue weighted by molar-refractivity contribution is 0.0381. The van der Waals surface area contributed by atoms with Gasteiger partial charge in [0.1, 0.15) is 0 Å². The zero-order valence-corrected chi connectivity index (χ0v) is 17.1. The average molecular weight is 408 g/mol. The van der Waals surface area contributed by atoms with Crippen LogP contribution < -0.4 is 10.0 Å². The van der Waals surface area contributed by atoms with Gasteiger partial charge in [-0.2, -0.15) is 0 Å². The van der Waals surface area contributed by atoms with Gasteiger partial charge in [-0.15, -0.1) is 0 Å². The summed E-state index contributed by atoms with van der Waals surface area (Å²) in [5.41, 5.74) is 5.87. The van der Waals surface area contributed by atoms with Crippen molar-refractivity contribution in [2.75, 3.05) is 43.9 Å². The number of nitrogens with zero attached hydrogens (tertiary/aromatic N) is 1. The van der Waals surface area contributed by atoms with Gasteiger partial charge < -0.3 is 10.1 Å². The van der Waals surface area contributed by atoms with E-state index >= 15 is 0 Å². The SMILES string of the molecule is O=C(Nc1c2c(cc3c1CCC3)CCC2)NS(=O)(=O)CCCN1CCOCC1. The van der Waals surface area contributed by atoms with Gasteiger partial charge in [-0.25, -0.2) is 17.9 Å². The van der Waals surface area contributed by atoms with Crippen LogP contribution in [0.4, 0.5) is 10.5 Å². The molecule has 2 N–H and O–H groups in total. The normalized spacial score (nSPS) is 19.3. The Bertz CT molecular complexity index is 815. The number of benzene rings is 1. The highest BCUT2D eigenvalue weighted by Gasteiger charge is 2.26. The molecular weight excluding hydrogens is 378 g/mol. The molecule has 154 valence electrons. The second kappa shape index (κ2) is 8.39. The van der Waals surface area contributed by atoms with Gasteiger partial charge in [0.15, 0.2) is 0 Å². The first-order valence-electron chi connectivity index (χ1n) is 10.3. The molecule has 0 spiro atoms. The number of carbonyl (C=O) groups is 1. The Morgan fingerprint density at radius 3 is 2.32 bits per heavy atom. The average Bonchev–Trinajstić information content (AvgIpc) is 3.31. The Morgan fingerprint density at radius 1 is 1.04 bits per heavy atom. The minimum Gasteiger partial charge on any atom is -0.379 e. The lowest BCUT2D eigenvalue weighted by atomic mass is 9.99. The van der Waals surface area contributed by atoms with Crippen LogP contribution in [0, 0.1) is 0 Å². The summed E-state index contributed by atoms with van der Waals surface area (Å²) in [6.45, 7) is 3.75. The number of carbonyl (C=O) groups excluding carboxylic acids is 1. The molecule has 0 aromatic heterocycles. The van der Waals surface area contributed by atoms with E-state index in [9.17, 15) is 13.2 Å². The number of amides is 2. The van der Waals surface area contributed by atoms with Crippen LogP contribution in [-0.4, -0.2) is 57.9 Å². The van der Waals surface area contributed by atoms with Gasteiger partial charge in [0.2, 0.25) is 10.0 Å². The molecular formula is C20H29N3O4S. The fourth-order valence-corrected chi connectivity index (χ4v) is 5.55. The maximum Gasteiger partial charge on any atom is 0.332 e. The molecule has 0 unspecified atom stereocenters. The number of aryl methyl sites for hydroxylation is 2. The summed E-state index contributed by atoms with van der Waals surface area (Å²) in [4.78, 5) is 14.7. The number of rotatable bonds is 6. The first-order chi connectivity index (χ1) is 13.5. The van der Waals surface area contributed by atoms with Crippen LogP contribution in [0.2, 0.25) is 0 Å². The summed E-state index contributed by atoms with van der Waals surface area (Å²) >= 11 is 0. The lowest BCUT2D eigenvalue weighted by Crippen LogP contribution is -2.39. The van der Waals surface area contributed by atoms with E-state index in [4.69, 9.17) is 4.74 Å². The minimum absolute atomic E-state index is 0.0528. The zero-order valence-electron chi connectivity index (χ0n) is 16.3. The molecule has 2 amide bonds. The molecule has 2 aliphatic carbocycles. The van der Waals surface area contributed by atoms with E-state index in [0.29, 0.717) is 26.2 Å². The summed E-state index contributed by atoms with van der Waals surface area (Å²) in [7, 11) is -3.65. The monoisotopic (exact) mass is 407 g/mol. The molecule has 1 aromatic rings. The van der Waals surface area contributed by atoms with Gasteiger partial charge in [-0.1, -0.05) is 6.07 Å². The van der Waals surface area contributed by atoms with Crippen molar-refractivity contribution in [2.24, 2.45) is 0 Å². The number of hydrogen-bond donors (Lipinski definition) is 2. The summed E-state index contributed by atoms with van der Waals surface area (Å²) in [5.74, 6) is -0.0528. The number of hydrogen-bond acceptors (Lipinski definition) is 5. The van der Waals surface area contributed by atoms with Crippen molar-refractivity contribution in [1.29, 1.82) is 0 Å². The Morgan fingerprint density at radius 2 is 1.68 bits per heavy atom. The summed E-state index contributed by atoms with van der Waals surface area (Å²) in [6, 6.07) is 1.65. The van der Waals surface area contributed by atoms with E-state index in [0.717, 1.165) is 57.3 Å². The van der Waals surface area contributed by atoms with Crippen LogP contribution in [-0.2, 0) is 40.4 Å². The van der Waals surface area contributed by atoms with Gasteiger partial charge in [0.25, 0.3) is 0 Å². The van der Waals surface area contributed by atoms with E-state index in [2.05, 4.69) is 21.0 Å². The molecule has 1 fully saturated rings. The van der Waals surface area contributed by atoms with Crippen LogP contribution in [0.3, 0.4) is 0 Å². The third kappa shape index (κ3) is 4.50. The highest BCUT2D eigenvalue weighted by Crippen LogP contribution is 2.38. The quantitative estimate of drug-likeness (QED) is 0.751. The fraction of sp³-hybridized carbons (Fsp3) is 0.650. The second-order valence-corrected chi connectivity index (χ2v) is 9.76. The molecule has 0 saturated carbocycles. The van der Waals surface area contributed by atoms with Crippen molar-refractivity contribution in [3.63, 3.8) is 0 Å². The zero-order chi connectivity index (χ0) is 19.6. The number of fused-ring (bicyclic) bond motifs is 2. The van der Waals surface area contributed by atoms with Gasteiger partial charge in [-0.3, -0.25) is 4.90 Å². The standard InChI is InChI=1S/C20H29N3O4S/c24-20(22-28(25,26)13-3-8-23-9-11-27-12-10-23)21-19-17-6-1-4-15(17)14-16-5-2-7-18(16)19/h14H,1-13H2,(H2,21,22,24). The molecule has 1 heterocycles. The summed E-state index contributed by atoms with van der Waals surface area (Å²) in [5, 5.41) is 2.88. The maximum atomic E-state index is 12.5. The van der Waals surface area contributed by atoms with Crippen molar-refractivity contribution < 1.29 is 17.9 Å². The van der Waals surface area contributed by atoms with Crippen molar-refractivity contribution in [1.82, 2.24) is 9.62 Å². The smallest absolute Gasteiger partial charge is 0.332 e. The van der Waals surface area contributed by atoms with E-state index in [1.54, 1.807) is 0 Å². The summed E-state index contributed by atoms with van der Waals surface area (Å²) < 4.78 is 32.1. The number of urea groups is 1. The van der Waals surface area contributed by atoms with Crippen molar-refractivity contribution in [3.05, 3.63) is 28.3 Å². The van der Waals surface area contributed by atoms with Crippen molar-refractivity contribution >= 4 is 21.7 Å². The molecule has 4 rings (SSSR count). The number of ether oxygens (including phenoxy) is 1. The van der Waals surface area contributed by atoms with Gasteiger partial charge >= 0.3 is 6.03 Å². The van der Waals surface area contributed by atoms with E-state index in [-0.39, 0.29) is 5.75 Å². The van der Waals surface area contributed by atoms with Gasteiger partial charge in [-0.05, 0) is 73.7 Å². The molecule has 0 atom stereocenters. The predicted molar refractivity (Wildman–Crippen MR) is 108 cm³/mol. The van der Waals surface area contributed by atoms with Crippen LogP contribution in [0.15, 0.2) is 6.07 Å². The Labute approximate surface area is 166 Å².